The number of esters is 1. The predicted molar refractivity (Wildman–Crippen MR) is 65.6 cm³/mol. The van der Waals surface area contributed by atoms with Gasteiger partial charge in [0.2, 0.25) is 0 Å². The van der Waals surface area contributed by atoms with E-state index in [1.807, 2.05) is 0 Å². The van der Waals surface area contributed by atoms with Crippen molar-refractivity contribution in [3.05, 3.63) is 41.2 Å². The highest BCUT2D eigenvalue weighted by Gasteiger charge is 2.44. The van der Waals surface area contributed by atoms with Gasteiger partial charge in [0.05, 0.1) is 17.8 Å². The molecule has 18 heavy (non-hydrogen) atoms. The van der Waals surface area contributed by atoms with E-state index in [-0.39, 0.29) is 0 Å². The lowest BCUT2D eigenvalue weighted by molar-refractivity contribution is -0.153. The van der Waals surface area contributed by atoms with Crippen molar-refractivity contribution in [2.75, 3.05) is 7.11 Å². The summed E-state index contributed by atoms with van der Waals surface area (Å²) in [6, 6.07) is 3.13. The summed E-state index contributed by atoms with van der Waals surface area (Å²) in [6.07, 6.45) is 5.92. The first-order valence-electron chi connectivity index (χ1n) is 5.08. The number of aliphatic imine (C=N–C) groups is 1. The zero-order valence-corrected chi connectivity index (χ0v) is 10.2. The topological polar surface area (TPSA) is 68.6 Å². The Labute approximate surface area is 108 Å². The maximum absolute atomic E-state index is 12.1. The second kappa shape index (κ2) is 4.70. The number of ether oxygens (including phenoxy) is 1. The highest BCUT2D eigenvalue weighted by atomic mass is 35.5. The number of hydrogen-bond acceptors (Lipinski definition) is 5. The number of nitrogens with zero attached hydrogens (tertiary/aromatic N) is 2. The first-order valence-corrected chi connectivity index (χ1v) is 5.46. The molecule has 5 nitrogen and oxygen atoms in total. The number of allylic oxidation sites excluding steroid dienone is 1. The van der Waals surface area contributed by atoms with Crippen LogP contribution >= 0.6 is 11.6 Å². The zero-order valence-electron chi connectivity index (χ0n) is 9.46. The first-order chi connectivity index (χ1) is 8.60. The number of ketones is 1. The summed E-state index contributed by atoms with van der Waals surface area (Å²) in [6.45, 7) is 0. The van der Waals surface area contributed by atoms with Gasteiger partial charge in [-0.3, -0.25) is 14.8 Å². The van der Waals surface area contributed by atoms with Crippen LogP contribution in [-0.2, 0) is 19.9 Å². The number of halogens is 1. The lowest BCUT2D eigenvalue weighted by atomic mass is 9.90. The van der Waals surface area contributed by atoms with Gasteiger partial charge in [-0.2, -0.15) is 0 Å². The van der Waals surface area contributed by atoms with Gasteiger partial charge < -0.3 is 4.74 Å². The third-order valence-electron chi connectivity index (χ3n) is 2.54. The van der Waals surface area contributed by atoms with Crippen molar-refractivity contribution in [2.45, 2.75) is 5.54 Å². The summed E-state index contributed by atoms with van der Waals surface area (Å²) < 4.78 is 4.44. The van der Waals surface area contributed by atoms with E-state index in [9.17, 15) is 9.59 Å². The molecule has 0 aliphatic carbocycles. The number of Topliss-reactive ketones (excluding diaryl/α,β-unsaturated/α-hetero) is 1. The Bertz CT molecular complexity index is 537. The van der Waals surface area contributed by atoms with Gasteiger partial charge in [0.1, 0.15) is 0 Å². The molecule has 0 saturated heterocycles. The summed E-state index contributed by atoms with van der Waals surface area (Å²) in [5.41, 5.74) is -1.11. The van der Waals surface area contributed by atoms with Crippen LogP contribution in [0.5, 0.6) is 0 Å². The Kier molecular flexibility index (Phi) is 3.25. The van der Waals surface area contributed by atoms with Gasteiger partial charge in [0, 0.05) is 12.4 Å². The fraction of sp³-hybridized carbons (Fsp3) is 0.167. The molecule has 0 fully saturated rings. The smallest absolute Gasteiger partial charge is 0.377 e. The number of hydrogen-bond donors (Lipinski definition) is 0. The molecule has 1 unspecified atom stereocenters. The van der Waals surface area contributed by atoms with Crippen molar-refractivity contribution >= 4 is 29.6 Å². The number of carbonyl (C=O) groups is 2. The molecule has 0 amide bonds. The Hall–Kier alpha value is -2.01. The first kappa shape index (κ1) is 12.4. The minimum Gasteiger partial charge on any atom is -0.463 e. The normalized spacial score (nSPS) is 21.0. The molecule has 0 N–H and O–H groups in total. The summed E-state index contributed by atoms with van der Waals surface area (Å²) >= 11 is 5.74. The van der Waals surface area contributed by atoms with Crippen molar-refractivity contribution < 1.29 is 14.3 Å². The zero-order chi connectivity index (χ0) is 13.2. The minimum atomic E-state index is -1.43. The van der Waals surface area contributed by atoms with Crippen molar-refractivity contribution in [3.8, 4) is 0 Å². The molecule has 92 valence electrons. The summed E-state index contributed by atoms with van der Waals surface area (Å²) in [7, 11) is 1.14. The average Bonchev–Trinajstić information content (AvgIpc) is 2.88. The van der Waals surface area contributed by atoms with Crippen molar-refractivity contribution in [1.29, 1.82) is 0 Å². The lowest BCUT2D eigenvalue weighted by Gasteiger charge is -2.20. The lowest BCUT2D eigenvalue weighted by Crippen LogP contribution is -2.37. The van der Waals surface area contributed by atoms with Crippen LogP contribution in [0.2, 0.25) is 5.02 Å². The van der Waals surface area contributed by atoms with E-state index in [0.717, 1.165) is 7.11 Å². The Balaban J connectivity index is 2.49. The van der Waals surface area contributed by atoms with Crippen LogP contribution in [0.1, 0.15) is 5.69 Å². The Morgan fingerprint density at radius 3 is 2.67 bits per heavy atom. The molecular formula is C12H9ClN2O3. The molecule has 0 aromatic carbocycles. The largest absolute Gasteiger partial charge is 0.463 e. The number of methoxy groups -OCH3 is 1. The third-order valence-corrected chi connectivity index (χ3v) is 2.76. The Morgan fingerprint density at radius 1 is 1.39 bits per heavy atom. The van der Waals surface area contributed by atoms with Crippen LogP contribution in [-0.4, -0.2) is 30.1 Å². The van der Waals surface area contributed by atoms with Crippen LogP contribution in [0.15, 0.2) is 35.5 Å². The molecule has 0 radical (unpaired) electrons. The van der Waals surface area contributed by atoms with E-state index in [0.29, 0.717) is 10.7 Å². The molecule has 2 rings (SSSR count). The highest BCUT2D eigenvalue weighted by molar-refractivity contribution is 6.38. The second-order valence-corrected chi connectivity index (χ2v) is 4.02. The molecular weight excluding hydrogens is 256 g/mol. The highest BCUT2D eigenvalue weighted by Crippen LogP contribution is 2.30. The van der Waals surface area contributed by atoms with Gasteiger partial charge in [-0.1, -0.05) is 11.6 Å². The molecule has 2 heterocycles. The van der Waals surface area contributed by atoms with Crippen molar-refractivity contribution in [3.63, 3.8) is 0 Å². The van der Waals surface area contributed by atoms with Crippen molar-refractivity contribution in [2.24, 2.45) is 4.99 Å². The number of carbonyl (C=O) groups excluding carboxylic acids is 2. The van der Waals surface area contributed by atoms with E-state index in [4.69, 9.17) is 11.6 Å². The number of aromatic nitrogens is 1. The molecule has 1 aliphatic rings. The maximum Gasteiger partial charge on any atom is 0.377 e. The molecule has 1 atom stereocenters. The van der Waals surface area contributed by atoms with E-state index < -0.39 is 17.3 Å². The van der Waals surface area contributed by atoms with Crippen LogP contribution in [0.3, 0.4) is 0 Å². The molecule has 0 bridgehead atoms. The molecule has 0 saturated carbocycles. The van der Waals surface area contributed by atoms with Gasteiger partial charge in [-0.05, 0) is 24.3 Å². The van der Waals surface area contributed by atoms with Crippen LogP contribution < -0.4 is 0 Å². The van der Waals surface area contributed by atoms with E-state index in [1.54, 1.807) is 18.2 Å². The van der Waals surface area contributed by atoms with Crippen molar-refractivity contribution in [1.82, 2.24) is 4.98 Å². The summed E-state index contributed by atoms with van der Waals surface area (Å²) in [4.78, 5) is 31.6. The fourth-order valence-corrected chi connectivity index (χ4v) is 1.75. The number of rotatable bonds is 3. The van der Waals surface area contributed by atoms with Gasteiger partial charge >= 0.3 is 5.97 Å². The maximum atomic E-state index is 12.1. The second-order valence-electron chi connectivity index (χ2n) is 3.59. The minimum absolute atomic E-state index is 0.326. The third kappa shape index (κ3) is 1.93. The van der Waals surface area contributed by atoms with E-state index >= 15 is 0 Å². The standard InChI is InChI=1S/C12H9ClN2O3/c1-18-11(17)10(16)12(5-2-6-15-12)9-4-3-8(13)7-14-9/h2-7H,1H3. The summed E-state index contributed by atoms with van der Waals surface area (Å²) in [5, 5.41) is 0.436. The Morgan fingerprint density at radius 2 is 2.17 bits per heavy atom. The van der Waals surface area contributed by atoms with E-state index in [1.165, 1.54) is 18.5 Å². The SMILES string of the molecule is COC(=O)C(=O)C1(c2ccc(Cl)cn2)C=CC=N1. The van der Waals surface area contributed by atoms with Gasteiger partial charge in [-0.25, -0.2) is 4.79 Å². The van der Waals surface area contributed by atoms with Crippen LogP contribution in [0.25, 0.3) is 0 Å². The van der Waals surface area contributed by atoms with Gasteiger partial charge in [-0.15, -0.1) is 0 Å². The molecule has 1 aromatic rings. The van der Waals surface area contributed by atoms with E-state index in [2.05, 4.69) is 14.7 Å². The molecule has 1 aliphatic heterocycles. The van der Waals surface area contributed by atoms with Gasteiger partial charge in [0.15, 0.2) is 5.54 Å². The molecule has 6 heteroatoms. The molecule has 0 spiro atoms. The monoisotopic (exact) mass is 264 g/mol. The number of pyridine rings is 1. The van der Waals surface area contributed by atoms with Gasteiger partial charge in [0.25, 0.3) is 5.78 Å². The predicted octanol–water partition coefficient (Wildman–Crippen LogP) is 1.31. The average molecular weight is 265 g/mol. The fourth-order valence-electron chi connectivity index (χ4n) is 1.64. The molecule has 1 aromatic heterocycles. The van der Waals surface area contributed by atoms with Crippen LogP contribution in [0.4, 0.5) is 0 Å². The summed E-state index contributed by atoms with van der Waals surface area (Å²) in [5.74, 6) is -1.75. The van der Waals surface area contributed by atoms with Crippen LogP contribution in [0, 0.1) is 0 Å². The quantitative estimate of drug-likeness (QED) is 0.610.